The first-order valence-corrected chi connectivity index (χ1v) is 11.1. The predicted octanol–water partition coefficient (Wildman–Crippen LogP) is 5.91. The number of nitrogens with zero attached hydrogens (tertiary/aromatic N) is 2. The average molecular weight is 411 g/mol. The van der Waals surface area contributed by atoms with Gasteiger partial charge in [0.25, 0.3) is 0 Å². The molecule has 0 fully saturated rings. The Labute approximate surface area is 177 Å². The van der Waals surface area contributed by atoms with E-state index in [-0.39, 0.29) is 5.91 Å². The Balaban J connectivity index is 1.65. The lowest BCUT2D eigenvalue weighted by atomic mass is 10.1. The Kier molecular flexibility index (Phi) is 7.26. The molecule has 0 radical (unpaired) electrons. The van der Waals surface area contributed by atoms with Crippen LogP contribution in [0.15, 0.2) is 47.8 Å². The molecule has 1 amide bonds. The quantitative estimate of drug-likeness (QED) is 0.441. The lowest BCUT2D eigenvalue weighted by Gasteiger charge is -2.24. The van der Waals surface area contributed by atoms with E-state index in [1.165, 1.54) is 0 Å². The second kappa shape index (κ2) is 9.88. The first kappa shape index (κ1) is 21.3. The van der Waals surface area contributed by atoms with E-state index in [1.54, 1.807) is 11.3 Å². The number of hydrogen-bond acceptors (Lipinski definition) is 4. The van der Waals surface area contributed by atoms with Crippen LogP contribution in [0.3, 0.4) is 0 Å². The highest BCUT2D eigenvalue weighted by molar-refractivity contribution is 7.09. The fourth-order valence-electron chi connectivity index (χ4n) is 3.32. The summed E-state index contributed by atoms with van der Waals surface area (Å²) in [6.07, 6.45) is 0.577. The SMILES string of the molecule is CC(C)CC(=O)N(Cc1csc(COc2cccc3ccccc23)n1)CC(C)C. The highest BCUT2D eigenvalue weighted by atomic mass is 32.1. The van der Waals surface area contributed by atoms with E-state index < -0.39 is 0 Å². The molecule has 1 aromatic heterocycles. The first-order chi connectivity index (χ1) is 13.9. The van der Waals surface area contributed by atoms with Gasteiger partial charge in [0.1, 0.15) is 17.4 Å². The molecule has 1 heterocycles. The van der Waals surface area contributed by atoms with Crippen LogP contribution in [-0.4, -0.2) is 22.3 Å². The van der Waals surface area contributed by atoms with Crippen molar-refractivity contribution in [1.29, 1.82) is 0 Å². The van der Waals surface area contributed by atoms with Gasteiger partial charge in [0.05, 0.1) is 12.2 Å². The van der Waals surface area contributed by atoms with E-state index in [0.29, 0.717) is 31.4 Å². The van der Waals surface area contributed by atoms with Gasteiger partial charge in [0, 0.05) is 23.7 Å². The molecule has 0 saturated carbocycles. The number of aromatic nitrogens is 1. The van der Waals surface area contributed by atoms with Gasteiger partial charge in [-0.25, -0.2) is 4.98 Å². The van der Waals surface area contributed by atoms with E-state index in [1.807, 2.05) is 34.5 Å². The van der Waals surface area contributed by atoms with Gasteiger partial charge >= 0.3 is 0 Å². The molecule has 3 rings (SSSR count). The van der Waals surface area contributed by atoms with Crippen molar-refractivity contribution >= 4 is 28.0 Å². The number of hydrogen-bond donors (Lipinski definition) is 0. The van der Waals surface area contributed by atoms with Gasteiger partial charge in [-0.1, -0.05) is 64.1 Å². The maximum absolute atomic E-state index is 12.6. The number of benzene rings is 2. The van der Waals surface area contributed by atoms with Crippen molar-refractivity contribution < 1.29 is 9.53 Å². The standard InChI is InChI=1S/C24H30N2O2S/c1-17(2)12-24(27)26(13-18(3)4)14-20-16-29-23(25-20)15-28-22-11-7-9-19-8-5-6-10-21(19)22/h5-11,16-18H,12-15H2,1-4H3. The van der Waals surface area contributed by atoms with Crippen LogP contribution >= 0.6 is 11.3 Å². The van der Waals surface area contributed by atoms with Crippen molar-refractivity contribution in [3.05, 3.63) is 58.5 Å². The summed E-state index contributed by atoms with van der Waals surface area (Å²) >= 11 is 1.59. The molecule has 4 nitrogen and oxygen atoms in total. The molecule has 0 aliphatic carbocycles. The van der Waals surface area contributed by atoms with E-state index in [4.69, 9.17) is 9.72 Å². The van der Waals surface area contributed by atoms with Crippen molar-refractivity contribution in [1.82, 2.24) is 9.88 Å². The zero-order valence-corrected chi connectivity index (χ0v) is 18.5. The summed E-state index contributed by atoms with van der Waals surface area (Å²) in [6, 6.07) is 14.3. The second-order valence-electron chi connectivity index (χ2n) is 8.26. The Morgan fingerprint density at radius 1 is 1.07 bits per heavy atom. The summed E-state index contributed by atoms with van der Waals surface area (Å²) < 4.78 is 6.06. The van der Waals surface area contributed by atoms with Gasteiger partial charge in [-0.15, -0.1) is 11.3 Å². The van der Waals surface area contributed by atoms with Gasteiger partial charge < -0.3 is 9.64 Å². The van der Waals surface area contributed by atoms with Crippen molar-refractivity contribution in [2.45, 2.75) is 47.3 Å². The summed E-state index contributed by atoms with van der Waals surface area (Å²) in [5, 5.41) is 5.23. The van der Waals surface area contributed by atoms with Gasteiger partial charge in [0.2, 0.25) is 5.91 Å². The number of amides is 1. The summed E-state index contributed by atoms with van der Waals surface area (Å²) in [5.74, 6) is 1.86. The molecular formula is C24H30N2O2S. The van der Waals surface area contributed by atoms with Crippen molar-refractivity contribution in [2.24, 2.45) is 11.8 Å². The largest absolute Gasteiger partial charge is 0.486 e. The third kappa shape index (κ3) is 6.04. The lowest BCUT2D eigenvalue weighted by molar-refractivity contribution is -0.133. The summed E-state index contributed by atoms with van der Waals surface area (Å²) in [5.41, 5.74) is 0.935. The van der Waals surface area contributed by atoms with Gasteiger partial charge in [-0.05, 0) is 23.3 Å². The molecule has 0 aliphatic heterocycles. The maximum Gasteiger partial charge on any atom is 0.223 e. The third-order valence-electron chi connectivity index (χ3n) is 4.57. The minimum absolute atomic E-state index is 0.204. The zero-order valence-electron chi connectivity index (χ0n) is 17.7. The molecule has 0 N–H and O–H groups in total. The smallest absolute Gasteiger partial charge is 0.223 e. The predicted molar refractivity (Wildman–Crippen MR) is 120 cm³/mol. The third-order valence-corrected chi connectivity index (χ3v) is 5.45. The first-order valence-electron chi connectivity index (χ1n) is 10.2. The Hall–Kier alpha value is -2.40. The minimum atomic E-state index is 0.204. The molecule has 0 saturated heterocycles. The normalized spacial score (nSPS) is 11.4. The fourth-order valence-corrected chi connectivity index (χ4v) is 4.01. The van der Waals surface area contributed by atoms with E-state index in [0.717, 1.165) is 33.8 Å². The fraction of sp³-hybridized carbons (Fsp3) is 0.417. The average Bonchev–Trinajstić information content (AvgIpc) is 3.12. The molecule has 0 atom stereocenters. The number of ether oxygens (including phenoxy) is 1. The molecule has 0 bridgehead atoms. The van der Waals surface area contributed by atoms with E-state index in [9.17, 15) is 4.79 Å². The topological polar surface area (TPSA) is 42.4 Å². The number of carbonyl (C=O) groups is 1. The van der Waals surface area contributed by atoms with Crippen LogP contribution in [0.1, 0.15) is 44.8 Å². The molecule has 2 aromatic carbocycles. The molecule has 3 aromatic rings. The van der Waals surface area contributed by atoms with Crippen LogP contribution in [-0.2, 0) is 17.9 Å². The van der Waals surface area contributed by atoms with Crippen molar-refractivity contribution in [3.8, 4) is 5.75 Å². The molecule has 0 aliphatic rings. The Morgan fingerprint density at radius 3 is 2.59 bits per heavy atom. The molecule has 0 unspecified atom stereocenters. The van der Waals surface area contributed by atoms with Crippen LogP contribution in [0.5, 0.6) is 5.75 Å². The monoisotopic (exact) mass is 410 g/mol. The van der Waals surface area contributed by atoms with Crippen LogP contribution in [0, 0.1) is 11.8 Å². The second-order valence-corrected chi connectivity index (χ2v) is 9.21. The van der Waals surface area contributed by atoms with Crippen LogP contribution in [0.4, 0.5) is 0 Å². The molecule has 29 heavy (non-hydrogen) atoms. The summed E-state index contributed by atoms with van der Waals surface area (Å²) in [4.78, 5) is 19.3. The highest BCUT2D eigenvalue weighted by Gasteiger charge is 2.18. The minimum Gasteiger partial charge on any atom is -0.486 e. The van der Waals surface area contributed by atoms with Gasteiger partial charge in [-0.3, -0.25) is 4.79 Å². The van der Waals surface area contributed by atoms with Crippen LogP contribution < -0.4 is 4.74 Å². The van der Waals surface area contributed by atoms with E-state index in [2.05, 4.69) is 45.9 Å². The summed E-state index contributed by atoms with van der Waals surface area (Å²) in [7, 11) is 0. The Bertz CT molecular complexity index is 943. The molecule has 5 heteroatoms. The highest BCUT2D eigenvalue weighted by Crippen LogP contribution is 2.26. The number of carbonyl (C=O) groups excluding carboxylic acids is 1. The van der Waals surface area contributed by atoms with E-state index >= 15 is 0 Å². The number of rotatable bonds is 9. The van der Waals surface area contributed by atoms with Crippen molar-refractivity contribution in [3.63, 3.8) is 0 Å². The van der Waals surface area contributed by atoms with Crippen LogP contribution in [0.2, 0.25) is 0 Å². The molecule has 0 spiro atoms. The maximum atomic E-state index is 12.6. The molecular weight excluding hydrogens is 380 g/mol. The van der Waals surface area contributed by atoms with Gasteiger partial charge in [0.15, 0.2) is 0 Å². The summed E-state index contributed by atoms with van der Waals surface area (Å²) in [6.45, 7) is 10.2. The zero-order chi connectivity index (χ0) is 20.8. The number of fused-ring (bicyclic) bond motifs is 1. The Morgan fingerprint density at radius 2 is 1.83 bits per heavy atom. The lowest BCUT2D eigenvalue weighted by Crippen LogP contribution is -2.34. The van der Waals surface area contributed by atoms with Crippen molar-refractivity contribution in [2.75, 3.05) is 6.54 Å². The van der Waals surface area contributed by atoms with Crippen LogP contribution in [0.25, 0.3) is 10.8 Å². The molecule has 154 valence electrons. The van der Waals surface area contributed by atoms with Gasteiger partial charge in [-0.2, -0.15) is 0 Å². The number of thiazole rings is 1.